The number of esters is 2. The standard InChI is InChI=1S/C28H41NO4S.C27H39NO5S/c1-17-10-9-11-18(2)20(4)21(5)27(32)28(7,8)25(30)15-26(31)33-24(13-12-17)19(3)14-23-16-34-22(6)29-23;1-16-9-8-10-17(2)25(31)19(4)26(32)27(6,7)23(29)14-24(30)33-22(12-11-16)18(3)13-21-15-34-20(5)28-21/h9-10,12,14,16,18,20-21,24-25,30H,11,13,15H2,1-8H3;8-9,11,13,15,17,19,22-23,25,29,31H,10,12,14H2,1-7H3/b10-9+,17-12-,19-14+;9-8+,16-11-,18-13+/t18-,20-,21+,24-,25-;17-,19+,22-,23-,25-/m00/s1. The summed E-state index contributed by atoms with van der Waals surface area (Å²) in [5.41, 5.74) is 3.24. The number of aliphatic hydroxyl groups excluding tert-OH is 3. The number of Topliss-reactive ketones (excluding diaryl/α,β-unsaturated/α-hetero) is 2. The molecule has 0 saturated carbocycles. The number of nitrogens with zero attached hydrogens (tertiary/aromatic N) is 2. The second-order valence-corrected chi connectivity index (χ2v) is 22.6. The van der Waals surface area contributed by atoms with Crippen LogP contribution in [0.1, 0.15) is 150 Å². The van der Waals surface area contributed by atoms with E-state index in [0.717, 1.165) is 50.1 Å². The highest BCUT2D eigenvalue weighted by Crippen LogP contribution is 2.35. The van der Waals surface area contributed by atoms with Crippen LogP contribution >= 0.6 is 22.7 Å². The Bertz CT molecular complexity index is 2070. The SMILES string of the molecule is CC1=C/C[C@@H](/C(C)=C/c2csc(C)n2)OC(=O)C[C@H](O)C(C)(C)C(=O)[C@H](C)[C@@H](C)[C@@H](C)C\C=C\1.CC1=C/C[C@@H](/C(C)=C/c2csc(C)n2)OC(=O)C[C@H](O)C(C)(C)C(=O)[C@H](C)[C@@H](O)[C@@H](C)C\C=C\1. The van der Waals surface area contributed by atoms with E-state index >= 15 is 0 Å². The maximum absolute atomic E-state index is 13.3. The van der Waals surface area contributed by atoms with E-state index in [1.807, 2.05) is 96.5 Å². The first kappa shape index (κ1) is 58.2. The van der Waals surface area contributed by atoms with E-state index in [1.54, 1.807) is 57.3 Å². The number of aryl methyl sites for hydroxylation is 2. The van der Waals surface area contributed by atoms with Crippen molar-refractivity contribution in [1.29, 1.82) is 0 Å². The second kappa shape index (κ2) is 26.2. The summed E-state index contributed by atoms with van der Waals surface area (Å²) in [6.45, 7) is 28.2. The Morgan fingerprint density at radius 3 is 1.38 bits per heavy atom. The molecule has 13 heteroatoms. The second-order valence-electron chi connectivity index (χ2n) is 20.5. The first-order chi connectivity index (χ1) is 31.6. The number of carbonyl (C=O) groups excluding carboxylic acids is 4. The molecule has 11 nitrogen and oxygen atoms in total. The molecule has 0 saturated heterocycles. The molecule has 376 valence electrons. The van der Waals surface area contributed by atoms with Gasteiger partial charge in [-0.2, -0.15) is 0 Å². The van der Waals surface area contributed by atoms with Gasteiger partial charge in [-0.05, 0) is 95.4 Å². The number of allylic oxidation sites excluding steroid dienone is 6. The Labute approximate surface area is 414 Å². The monoisotopic (exact) mass is 977 g/mol. The molecule has 10 atom stereocenters. The Balaban J connectivity index is 0.000000360. The molecule has 2 aromatic heterocycles. The smallest absolute Gasteiger partial charge is 0.309 e. The summed E-state index contributed by atoms with van der Waals surface area (Å²) >= 11 is 3.13. The van der Waals surface area contributed by atoms with Crippen molar-refractivity contribution in [1.82, 2.24) is 9.97 Å². The molecule has 2 aromatic rings. The van der Waals surface area contributed by atoms with Gasteiger partial charge < -0.3 is 24.8 Å². The van der Waals surface area contributed by atoms with Crippen LogP contribution in [-0.2, 0) is 28.7 Å². The first-order valence-electron chi connectivity index (χ1n) is 24.0. The van der Waals surface area contributed by atoms with Gasteiger partial charge in [-0.1, -0.05) is 110 Å². The van der Waals surface area contributed by atoms with Crippen molar-refractivity contribution >= 4 is 58.3 Å². The van der Waals surface area contributed by atoms with Gasteiger partial charge in [0.1, 0.15) is 23.8 Å². The molecule has 0 fully saturated rings. The largest absolute Gasteiger partial charge is 0.457 e. The minimum absolute atomic E-state index is 0.0224. The molecule has 0 unspecified atom stereocenters. The van der Waals surface area contributed by atoms with Crippen LogP contribution in [0.3, 0.4) is 0 Å². The van der Waals surface area contributed by atoms with Crippen LogP contribution in [0.5, 0.6) is 0 Å². The quantitative estimate of drug-likeness (QED) is 0.249. The zero-order valence-electron chi connectivity index (χ0n) is 43.3. The summed E-state index contributed by atoms with van der Waals surface area (Å²) in [6, 6.07) is 0. The molecule has 4 heterocycles. The van der Waals surface area contributed by atoms with Gasteiger partial charge in [0, 0.05) is 35.4 Å². The highest BCUT2D eigenvalue weighted by Gasteiger charge is 2.43. The van der Waals surface area contributed by atoms with E-state index in [-0.39, 0.29) is 42.2 Å². The lowest BCUT2D eigenvalue weighted by atomic mass is 9.70. The Morgan fingerprint density at radius 2 is 1.00 bits per heavy atom. The van der Waals surface area contributed by atoms with Crippen molar-refractivity contribution in [2.24, 2.45) is 40.4 Å². The number of ether oxygens (including phenoxy) is 2. The van der Waals surface area contributed by atoms with Gasteiger partial charge in [0.15, 0.2) is 0 Å². The van der Waals surface area contributed by atoms with E-state index in [0.29, 0.717) is 25.2 Å². The lowest BCUT2D eigenvalue weighted by Gasteiger charge is -2.35. The maximum atomic E-state index is 13.3. The van der Waals surface area contributed by atoms with Crippen LogP contribution in [0, 0.1) is 54.3 Å². The summed E-state index contributed by atoms with van der Waals surface area (Å²) in [5.74, 6) is -1.95. The van der Waals surface area contributed by atoms with E-state index in [2.05, 4.69) is 42.0 Å². The highest BCUT2D eigenvalue weighted by molar-refractivity contribution is 7.09. The first-order valence-corrected chi connectivity index (χ1v) is 25.8. The molecule has 0 radical (unpaired) electrons. The number of aromatic nitrogens is 2. The number of cyclic esters (lactones) is 2. The van der Waals surface area contributed by atoms with Crippen LogP contribution in [0.4, 0.5) is 0 Å². The van der Waals surface area contributed by atoms with Gasteiger partial charge in [-0.15, -0.1) is 22.7 Å². The summed E-state index contributed by atoms with van der Waals surface area (Å²) in [7, 11) is 0. The van der Waals surface area contributed by atoms with Gasteiger partial charge in [0.25, 0.3) is 0 Å². The number of carbonyl (C=O) groups is 4. The summed E-state index contributed by atoms with van der Waals surface area (Å²) in [5, 5.41) is 38.3. The molecule has 0 spiro atoms. The average Bonchev–Trinajstić information content (AvgIpc) is 3.89. The predicted molar refractivity (Wildman–Crippen MR) is 276 cm³/mol. The number of hydrogen-bond donors (Lipinski definition) is 3. The Morgan fingerprint density at radius 1 is 0.618 bits per heavy atom. The molecule has 4 rings (SSSR count). The van der Waals surface area contributed by atoms with Crippen molar-refractivity contribution in [2.45, 2.75) is 173 Å². The zero-order chi connectivity index (χ0) is 51.3. The van der Waals surface area contributed by atoms with Crippen molar-refractivity contribution in [3.05, 3.63) is 90.9 Å². The summed E-state index contributed by atoms with van der Waals surface area (Å²) < 4.78 is 11.6. The number of rotatable bonds is 4. The molecular weight excluding hydrogens is 897 g/mol. The molecular formula is C55H80N2O9S2. The van der Waals surface area contributed by atoms with E-state index in [1.165, 1.54) is 0 Å². The van der Waals surface area contributed by atoms with E-state index < -0.39 is 59.2 Å². The fourth-order valence-corrected chi connectivity index (χ4v) is 9.47. The minimum atomic E-state index is -1.23. The van der Waals surface area contributed by atoms with Crippen molar-refractivity contribution in [3.63, 3.8) is 0 Å². The third-order valence-electron chi connectivity index (χ3n) is 13.9. The maximum Gasteiger partial charge on any atom is 0.309 e. The molecule has 2 aliphatic heterocycles. The summed E-state index contributed by atoms with van der Waals surface area (Å²) in [6.07, 6.45) is 13.9. The highest BCUT2D eigenvalue weighted by atomic mass is 32.1. The molecule has 3 N–H and O–H groups in total. The lowest BCUT2D eigenvalue weighted by molar-refractivity contribution is -0.155. The third-order valence-corrected chi connectivity index (χ3v) is 15.5. The molecule has 0 amide bonds. The van der Waals surface area contributed by atoms with Crippen LogP contribution in [0.2, 0.25) is 0 Å². The van der Waals surface area contributed by atoms with Gasteiger partial charge >= 0.3 is 11.9 Å². The van der Waals surface area contributed by atoms with Crippen LogP contribution < -0.4 is 0 Å². The van der Waals surface area contributed by atoms with Crippen LogP contribution in [-0.4, -0.2) is 79.3 Å². The number of thiazole rings is 2. The predicted octanol–water partition coefficient (Wildman–Crippen LogP) is 11.4. The van der Waals surface area contributed by atoms with Crippen LogP contribution in [0.25, 0.3) is 12.2 Å². The molecule has 68 heavy (non-hydrogen) atoms. The lowest BCUT2D eigenvalue weighted by Crippen LogP contribution is -2.45. The zero-order valence-corrected chi connectivity index (χ0v) is 44.9. The van der Waals surface area contributed by atoms with Gasteiger partial charge in [0.05, 0.1) is 63.4 Å². The molecule has 0 aromatic carbocycles. The Hall–Kier alpha value is -4.14. The average molecular weight is 977 g/mol. The van der Waals surface area contributed by atoms with Gasteiger partial charge in [-0.25, -0.2) is 9.97 Å². The van der Waals surface area contributed by atoms with Gasteiger partial charge in [-0.3, -0.25) is 19.2 Å². The summed E-state index contributed by atoms with van der Waals surface area (Å²) in [4.78, 5) is 61.1. The normalized spacial score (nSPS) is 32.6. The van der Waals surface area contributed by atoms with Gasteiger partial charge in [0.2, 0.25) is 0 Å². The van der Waals surface area contributed by atoms with Crippen molar-refractivity contribution in [2.75, 3.05) is 0 Å². The molecule has 0 aliphatic carbocycles. The van der Waals surface area contributed by atoms with Crippen molar-refractivity contribution < 1.29 is 44.0 Å². The van der Waals surface area contributed by atoms with Crippen LogP contribution in [0.15, 0.2) is 69.5 Å². The number of hydrogen-bond acceptors (Lipinski definition) is 13. The molecule has 2 aliphatic rings. The number of ketones is 2. The Kier molecular flexibility index (Phi) is 22.4. The van der Waals surface area contributed by atoms with E-state index in [4.69, 9.17) is 9.47 Å². The third kappa shape index (κ3) is 17.1. The van der Waals surface area contributed by atoms with Crippen molar-refractivity contribution in [3.8, 4) is 0 Å². The fraction of sp³-hybridized carbons (Fsp3) is 0.600. The number of aliphatic hydroxyl groups is 3. The fourth-order valence-electron chi connectivity index (χ4n) is 8.33. The molecule has 0 bridgehead atoms. The minimum Gasteiger partial charge on any atom is -0.457 e. The van der Waals surface area contributed by atoms with E-state index in [9.17, 15) is 34.5 Å². The topological polar surface area (TPSA) is 173 Å².